The second-order valence-corrected chi connectivity index (χ2v) is 20.7. The van der Waals surface area contributed by atoms with Gasteiger partial charge in [-0.2, -0.15) is 65.9 Å². The van der Waals surface area contributed by atoms with Gasteiger partial charge in [0.25, 0.3) is 0 Å². The van der Waals surface area contributed by atoms with Crippen molar-refractivity contribution in [2.24, 2.45) is 0 Å². The Balaban J connectivity index is -0.0000000457. The molecule has 1 aromatic carbocycles. The van der Waals surface area contributed by atoms with Crippen LogP contribution in [0, 0.1) is 99.1 Å². The normalized spacial score (nSPS) is 11.0. The van der Waals surface area contributed by atoms with Crippen LogP contribution in [0.25, 0.3) is 29.1 Å². The van der Waals surface area contributed by atoms with Crippen LogP contribution in [0.15, 0.2) is 99.1 Å². The van der Waals surface area contributed by atoms with Gasteiger partial charge in [-0.05, 0) is 92.5 Å². The fourth-order valence-electron chi connectivity index (χ4n) is 6.41. The zero-order valence-corrected chi connectivity index (χ0v) is 68.7. The number of hydrogen-bond acceptors (Lipinski definition) is 17. The van der Waals surface area contributed by atoms with E-state index in [2.05, 4.69) is 110 Å². The summed E-state index contributed by atoms with van der Waals surface area (Å²) in [5.74, 6) is 1.71. The van der Waals surface area contributed by atoms with E-state index < -0.39 is 124 Å². The monoisotopic (exact) mass is 2020 g/mol. The number of carboxylic acid groups (broad SMARTS) is 1. The molecule has 0 fully saturated rings. The van der Waals surface area contributed by atoms with E-state index in [0.29, 0.717) is 32.3 Å². The number of alkyl halides is 15. The molecule has 0 aliphatic rings. The minimum Gasteiger partial charge on any atom is -0.523 e. The number of hydrogen-bond donors (Lipinski definition) is 7. The van der Waals surface area contributed by atoms with Crippen LogP contribution >= 0.6 is 0 Å². The van der Waals surface area contributed by atoms with Crippen LogP contribution in [0.2, 0.25) is 0 Å². The summed E-state index contributed by atoms with van der Waals surface area (Å²) in [7, 11) is 0. The Hall–Kier alpha value is -9.91. The topological polar surface area (TPSA) is 316 Å². The van der Waals surface area contributed by atoms with Gasteiger partial charge in [0.2, 0.25) is 28.8 Å². The number of rotatable bonds is 30. The van der Waals surface area contributed by atoms with Crippen LogP contribution in [-0.4, -0.2) is 135 Å². The number of esters is 5. The average molecular weight is 2030 g/mol. The van der Waals surface area contributed by atoms with Crippen molar-refractivity contribution in [1.82, 2.24) is 0 Å². The Labute approximate surface area is 759 Å². The maximum Gasteiger partial charge on any atom is 0.438 e. The number of allylic oxidation sites excluding steroid dienone is 6. The molecule has 1 rings (SSSR count). The SMILES string of the molecule is C#CC#CC#CC#CC#CC.[C-]#[N+]C(C(=O)O)=C(O)C(F)(F)F.[C-]#[N+]C(C(=O)OCCC)=C(O)C(F)(F)F.[C-]#[N+]C(C(=O)OCCCCCC)=C(O)C(F)(F)F.[C-]#[N+]C(C(=O)OCCCCCCCC)=C(C)O.[C-]#[N+]C(C(=O)OCCCCCCCC)=C(O)C(F)(F)F.[C-]#[N+]C(C(=O)OCCc1ccccc1)=C(O)C(F)(F)F.[Cu].[Cu].[Cu].[Cu].[Cu].[Cu].[HH].[HH].[HH].[HH].[HH].[HH].[HH].[HH].[HH].[HH].[HH].[HH]. The summed E-state index contributed by atoms with van der Waals surface area (Å²) >= 11 is 0. The first-order valence-corrected chi connectivity index (χ1v) is 32.4. The molecule has 0 amide bonds. The molecule has 24 nitrogen and oxygen atoms in total. The number of carbonyl (C=O) groups excluding carboxylic acids is 5. The molecule has 1 aromatic rings. The standard InChI is InChI=1S/C13H10F3NO3.C13H18F3NO3.C13H21NO3.C11H14F3NO3.C11H4.C8H8F3NO3.C5H2F3NO3.6Cu.12H2/c1-17-10(11(18)13(14,15)16)12(19)20-8-7-9-5-3-2-4-6-9;1-3-4-5-6-7-8-9-20-12(19)10(17-2)11(18)13(14,15)16;1-4-5-6-7-8-9-10-17-13(16)12(14-3)11(2)15;1-3-4-5-6-7-18-10(17)8(15-2)9(16)11(12,13)14;1-3-5-7-9-11-10-8-6-4-2;1-3-4-15-7(14)5(12-2)6(13)8(9,10)11;1-9-2(4(11)12)3(10)5(6,7)8;;;;;;;;;;;;;;;;;;/h2-6,18H,7-8H2;18H,3-9H2,1H3;15H,4-10H2,1-2H3;16H,3-7H2,1H3;1H,2H3;13H,3-4H2,1H3;10H,(H,11,12);;;;;;;12*1H. The summed E-state index contributed by atoms with van der Waals surface area (Å²) in [5.41, 5.74) is -7.00. The molecule has 45 heteroatoms. The fraction of sp³-hybridized carbons (Fsp3) is 0.459. The third kappa shape index (κ3) is 70.8. The number of aliphatic hydroxyl groups is 6. The van der Waals surface area contributed by atoms with E-state index in [1.807, 2.05) is 11.8 Å². The van der Waals surface area contributed by atoms with Crippen molar-refractivity contribution in [3.63, 3.8) is 0 Å². The van der Waals surface area contributed by atoms with E-state index in [1.165, 1.54) is 26.2 Å². The van der Waals surface area contributed by atoms with Gasteiger partial charge in [0, 0.05) is 126 Å². The predicted molar refractivity (Wildman–Crippen MR) is 398 cm³/mol. The third-order valence-corrected chi connectivity index (χ3v) is 11.8. The molecule has 7 N–H and O–H groups in total. The largest absolute Gasteiger partial charge is 0.523 e. The number of terminal acetylenes is 1. The number of aliphatic carboxylic acids is 1. The van der Waals surface area contributed by atoms with Crippen molar-refractivity contribution in [3.05, 3.63) is 173 Å². The number of ether oxygens (including phenoxy) is 5. The summed E-state index contributed by atoms with van der Waals surface area (Å²) in [5, 5.41) is 60.0. The molecule has 0 unspecified atom stereocenters. The van der Waals surface area contributed by atoms with Crippen LogP contribution in [0.5, 0.6) is 0 Å². The van der Waals surface area contributed by atoms with Gasteiger partial charge in [0.1, 0.15) is 5.76 Å². The first-order valence-electron chi connectivity index (χ1n) is 32.4. The van der Waals surface area contributed by atoms with E-state index in [-0.39, 0.29) is 157 Å². The maximum atomic E-state index is 12.2. The number of carbonyl (C=O) groups is 6. The number of nitrogens with zero attached hydrogens (tertiary/aromatic N) is 6. The van der Waals surface area contributed by atoms with Crippen LogP contribution in [-0.2, 0) is 161 Å². The Bertz CT molecular complexity index is 4090. The molecule has 119 heavy (non-hydrogen) atoms. The van der Waals surface area contributed by atoms with Crippen LogP contribution in [0.4, 0.5) is 65.9 Å². The summed E-state index contributed by atoms with van der Waals surface area (Å²) in [4.78, 5) is 80.1. The van der Waals surface area contributed by atoms with Crippen molar-refractivity contribution in [1.29, 1.82) is 0 Å². The van der Waals surface area contributed by atoms with Crippen molar-refractivity contribution in [2.45, 2.75) is 188 Å². The zero-order chi connectivity index (χ0) is 88.4. The Kier molecular flexibility index (Phi) is 90.0. The number of carboxylic acids is 1. The molecular formula is C74H101Cu6F15N6O18. The number of unbranched alkanes of at least 4 members (excludes halogenated alkanes) is 13. The van der Waals surface area contributed by atoms with E-state index in [9.17, 15) is 94.6 Å². The molecule has 0 atom stereocenters. The second-order valence-electron chi connectivity index (χ2n) is 20.7. The molecule has 706 valence electrons. The Morgan fingerprint density at radius 3 is 0.824 bits per heavy atom. The van der Waals surface area contributed by atoms with Crippen molar-refractivity contribution >= 4 is 35.8 Å². The van der Waals surface area contributed by atoms with Crippen molar-refractivity contribution in [3.8, 4) is 59.7 Å². The van der Waals surface area contributed by atoms with Crippen LogP contribution in [0.3, 0.4) is 0 Å². The van der Waals surface area contributed by atoms with Gasteiger partial charge in [-0.3, -0.25) is 28.8 Å². The summed E-state index contributed by atoms with van der Waals surface area (Å²) < 4.78 is 202. The van der Waals surface area contributed by atoms with Gasteiger partial charge in [-0.25, -0.2) is 29.1 Å². The van der Waals surface area contributed by atoms with Gasteiger partial charge in [-0.1, -0.05) is 147 Å². The molecule has 0 aliphatic heterocycles. The third-order valence-electron chi connectivity index (χ3n) is 11.8. The van der Waals surface area contributed by atoms with E-state index >= 15 is 0 Å². The van der Waals surface area contributed by atoms with Crippen LogP contribution < -0.4 is 0 Å². The van der Waals surface area contributed by atoms with Crippen molar-refractivity contribution < 1.29 is 274 Å². The Morgan fingerprint density at radius 1 is 0.353 bits per heavy atom. The molecule has 0 aliphatic carbocycles. The van der Waals surface area contributed by atoms with Gasteiger partial charge < -0.3 is 59.4 Å². The van der Waals surface area contributed by atoms with E-state index in [1.54, 1.807) is 44.2 Å². The Morgan fingerprint density at radius 2 is 0.588 bits per heavy atom. The predicted octanol–water partition coefficient (Wildman–Crippen LogP) is 21.2. The smallest absolute Gasteiger partial charge is 0.438 e. The quantitative estimate of drug-likeness (QED) is 0.00433. The van der Waals surface area contributed by atoms with Crippen LogP contribution in [0.1, 0.15) is 173 Å². The average Bonchev–Trinajstić information content (AvgIpc) is 0.867. The summed E-state index contributed by atoms with van der Waals surface area (Å²) in [6.45, 7) is 49.3. The number of aliphatic hydroxyl groups excluding tert-OH is 6. The summed E-state index contributed by atoms with van der Waals surface area (Å²) in [6, 6.07) is 8.82. The van der Waals surface area contributed by atoms with Crippen molar-refractivity contribution in [2.75, 3.05) is 33.0 Å². The first kappa shape index (κ1) is 135. The van der Waals surface area contributed by atoms with E-state index in [0.717, 1.165) is 76.2 Å². The zero-order valence-electron chi connectivity index (χ0n) is 63.0. The number of benzene rings is 1. The van der Waals surface area contributed by atoms with Gasteiger partial charge in [-0.15, -0.1) is 6.42 Å². The molecule has 0 heterocycles. The molecule has 6 radical (unpaired) electrons. The first-order chi connectivity index (χ1) is 52.7. The maximum absolute atomic E-state index is 12.2. The minimum atomic E-state index is -5.20. The second kappa shape index (κ2) is 79.2. The molecule has 0 spiro atoms. The molecule has 0 saturated carbocycles. The molecule has 0 bridgehead atoms. The fourth-order valence-corrected chi connectivity index (χ4v) is 6.41. The van der Waals surface area contributed by atoms with Gasteiger partial charge in [0.05, 0.1) is 72.5 Å². The van der Waals surface area contributed by atoms with Gasteiger partial charge >= 0.3 is 101 Å². The minimum absolute atomic E-state index is 0. The number of halogens is 15. The molecule has 0 aromatic heterocycles. The molecular weight excluding hydrogens is 1930 g/mol. The van der Waals surface area contributed by atoms with Gasteiger partial charge in [0.15, 0.2) is 0 Å². The molecule has 0 saturated heterocycles. The van der Waals surface area contributed by atoms with E-state index in [4.69, 9.17) is 86.3 Å². The summed E-state index contributed by atoms with van der Waals surface area (Å²) in [6.07, 6.45) is -4.76.